The number of nitrogens with zero attached hydrogens (tertiary/aromatic N) is 3. The number of piperidine rings is 1. The van der Waals surface area contributed by atoms with E-state index in [2.05, 4.69) is 15.3 Å². The topological polar surface area (TPSA) is 76.5 Å². The number of amides is 1. The fourth-order valence-corrected chi connectivity index (χ4v) is 4.44. The van der Waals surface area contributed by atoms with E-state index in [-0.39, 0.29) is 17.4 Å². The molecule has 1 aliphatic carbocycles. The number of hydrogen-bond acceptors (Lipinski definition) is 5. The van der Waals surface area contributed by atoms with Crippen molar-refractivity contribution in [1.82, 2.24) is 15.1 Å². The fraction of sp³-hybridized carbons (Fsp3) is 0.522. The van der Waals surface area contributed by atoms with Crippen molar-refractivity contribution in [2.24, 2.45) is 5.92 Å². The zero-order valence-electron chi connectivity index (χ0n) is 17.5. The van der Waals surface area contributed by atoms with Crippen molar-refractivity contribution in [2.45, 2.75) is 51.0 Å². The van der Waals surface area contributed by atoms with Crippen molar-refractivity contribution in [3.63, 3.8) is 0 Å². The third-order valence-electron chi connectivity index (χ3n) is 6.17. The van der Waals surface area contributed by atoms with Gasteiger partial charge in [-0.3, -0.25) is 9.59 Å². The lowest BCUT2D eigenvalue weighted by Gasteiger charge is -2.34. The van der Waals surface area contributed by atoms with Gasteiger partial charge < -0.3 is 15.0 Å². The lowest BCUT2D eigenvalue weighted by atomic mass is 9.93. The average Bonchev–Trinajstić information content (AvgIpc) is 2.80. The molecule has 7 nitrogen and oxygen atoms in total. The summed E-state index contributed by atoms with van der Waals surface area (Å²) in [7, 11) is 1.61. The molecular weight excluding hydrogens is 380 g/mol. The lowest BCUT2D eigenvalue weighted by Crippen LogP contribution is -2.46. The molecule has 0 unspecified atom stereocenters. The molecule has 2 heterocycles. The molecule has 2 aromatic rings. The second-order valence-corrected chi connectivity index (χ2v) is 8.27. The summed E-state index contributed by atoms with van der Waals surface area (Å²) in [5, 5.41) is 7.85. The number of methoxy groups -OCH3 is 1. The fourth-order valence-electron chi connectivity index (χ4n) is 4.44. The predicted octanol–water partition coefficient (Wildman–Crippen LogP) is 2.91. The molecule has 160 valence electrons. The van der Waals surface area contributed by atoms with Gasteiger partial charge in [-0.2, -0.15) is 4.68 Å². The maximum Gasteiger partial charge on any atom is 0.271 e. The van der Waals surface area contributed by atoms with Gasteiger partial charge in [0.25, 0.3) is 5.56 Å². The van der Waals surface area contributed by atoms with Gasteiger partial charge in [0.1, 0.15) is 11.6 Å². The van der Waals surface area contributed by atoms with Crippen LogP contribution < -0.4 is 20.5 Å². The number of carbonyl (C=O) groups is 1. The Morgan fingerprint density at radius 2 is 1.80 bits per heavy atom. The highest BCUT2D eigenvalue weighted by Gasteiger charge is 2.28. The summed E-state index contributed by atoms with van der Waals surface area (Å²) in [6.07, 6.45) is 7.71. The van der Waals surface area contributed by atoms with Crippen LogP contribution in [0.3, 0.4) is 0 Å². The van der Waals surface area contributed by atoms with E-state index in [4.69, 9.17) is 4.74 Å². The first-order valence-corrected chi connectivity index (χ1v) is 10.9. The van der Waals surface area contributed by atoms with Gasteiger partial charge >= 0.3 is 0 Å². The highest BCUT2D eigenvalue weighted by molar-refractivity contribution is 5.79. The van der Waals surface area contributed by atoms with E-state index in [1.807, 2.05) is 24.3 Å². The van der Waals surface area contributed by atoms with Crippen LogP contribution in [0, 0.1) is 5.92 Å². The summed E-state index contributed by atoms with van der Waals surface area (Å²) in [6.45, 7) is 1.47. The summed E-state index contributed by atoms with van der Waals surface area (Å²) in [5.74, 6) is 1.57. The minimum Gasteiger partial charge on any atom is -0.497 e. The SMILES string of the molecule is COc1ccc(-n2nc(N3CCC[C@@H](C(=O)NC4CCCCC4)C3)ccc2=O)cc1. The second-order valence-electron chi connectivity index (χ2n) is 8.27. The zero-order valence-corrected chi connectivity index (χ0v) is 17.5. The van der Waals surface area contributed by atoms with Crippen LogP contribution in [0.25, 0.3) is 5.69 Å². The van der Waals surface area contributed by atoms with Crippen molar-refractivity contribution < 1.29 is 9.53 Å². The molecule has 1 atom stereocenters. The summed E-state index contributed by atoms with van der Waals surface area (Å²) in [6, 6.07) is 10.9. The molecule has 1 saturated heterocycles. The van der Waals surface area contributed by atoms with Crippen LogP contribution in [-0.4, -0.2) is 41.9 Å². The van der Waals surface area contributed by atoms with E-state index >= 15 is 0 Å². The molecular formula is C23H30N4O3. The minimum absolute atomic E-state index is 0.0381. The molecule has 0 radical (unpaired) electrons. The highest BCUT2D eigenvalue weighted by atomic mass is 16.5. The Morgan fingerprint density at radius 1 is 1.03 bits per heavy atom. The third-order valence-corrected chi connectivity index (χ3v) is 6.17. The number of ether oxygens (including phenoxy) is 1. The number of anilines is 1. The molecule has 4 rings (SSSR count). The molecule has 0 bridgehead atoms. The molecule has 1 N–H and O–H groups in total. The Hall–Kier alpha value is -2.83. The molecule has 7 heteroatoms. The monoisotopic (exact) mass is 410 g/mol. The van der Waals surface area contributed by atoms with Crippen LogP contribution in [0.5, 0.6) is 5.75 Å². The molecule has 30 heavy (non-hydrogen) atoms. The normalized spacial score (nSPS) is 20.0. The number of nitrogens with one attached hydrogen (secondary N) is 1. The standard InChI is InChI=1S/C23H30N4O3/c1-30-20-11-9-19(10-12-20)27-22(28)14-13-21(25-27)26-15-5-6-17(16-26)23(29)24-18-7-3-2-4-8-18/h9-14,17-18H,2-8,15-16H2,1H3,(H,24,29)/t17-/m1/s1. The minimum atomic E-state index is -0.187. The van der Waals surface area contributed by atoms with Gasteiger partial charge in [0, 0.05) is 25.2 Å². The molecule has 1 aliphatic heterocycles. The van der Waals surface area contributed by atoms with Crippen LogP contribution >= 0.6 is 0 Å². The average molecular weight is 411 g/mol. The Bertz CT molecular complexity index is 919. The largest absolute Gasteiger partial charge is 0.497 e. The van der Waals surface area contributed by atoms with Crippen LogP contribution in [0.2, 0.25) is 0 Å². The predicted molar refractivity (Wildman–Crippen MR) is 116 cm³/mol. The maximum atomic E-state index is 12.8. The number of rotatable bonds is 5. The van der Waals surface area contributed by atoms with E-state index in [1.54, 1.807) is 13.2 Å². The maximum absolute atomic E-state index is 12.8. The number of aromatic nitrogens is 2. The van der Waals surface area contributed by atoms with Crippen molar-refractivity contribution >= 4 is 11.7 Å². The summed E-state index contributed by atoms with van der Waals surface area (Å²) in [4.78, 5) is 27.3. The van der Waals surface area contributed by atoms with Crippen LogP contribution in [0.4, 0.5) is 5.82 Å². The van der Waals surface area contributed by atoms with E-state index in [9.17, 15) is 9.59 Å². The van der Waals surface area contributed by atoms with E-state index in [0.29, 0.717) is 18.3 Å². The van der Waals surface area contributed by atoms with Gasteiger partial charge in [-0.05, 0) is 56.0 Å². The lowest BCUT2D eigenvalue weighted by molar-refractivity contribution is -0.126. The van der Waals surface area contributed by atoms with Gasteiger partial charge in [-0.1, -0.05) is 19.3 Å². The van der Waals surface area contributed by atoms with Gasteiger partial charge in [-0.15, -0.1) is 5.10 Å². The zero-order chi connectivity index (χ0) is 20.9. The third kappa shape index (κ3) is 4.66. The molecule has 0 spiro atoms. The first-order chi connectivity index (χ1) is 14.6. The van der Waals surface area contributed by atoms with Crippen molar-refractivity contribution in [3.05, 3.63) is 46.8 Å². The van der Waals surface area contributed by atoms with Crippen LogP contribution in [0.1, 0.15) is 44.9 Å². The van der Waals surface area contributed by atoms with Gasteiger partial charge in [0.2, 0.25) is 5.91 Å². The Kier molecular flexibility index (Phi) is 6.35. The summed E-state index contributed by atoms with van der Waals surface area (Å²) < 4.78 is 6.59. The molecule has 2 aliphatic rings. The van der Waals surface area contributed by atoms with Gasteiger partial charge in [0.15, 0.2) is 0 Å². The van der Waals surface area contributed by atoms with E-state index in [1.165, 1.54) is 30.0 Å². The Morgan fingerprint density at radius 3 is 2.53 bits per heavy atom. The molecule has 1 amide bonds. The van der Waals surface area contributed by atoms with Crippen molar-refractivity contribution in [2.75, 3.05) is 25.1 Å². The van der Waals surface area contributed by atoms with Crippen molar-refractivity contribution in [1.29, 1.82) is 0 Å². The molecule has 2 fully saturated rings. The molecule has 1 aromatic heterocycles. The number of hydrogen-bond donors (Lipinski definition) is 1. The van der Waals surface area contributed by atoms with E-state index in [0.717, 1.165) is 43.8 Å². The Labute approximate surface area is 177 Å². The first kappa shape index (κ1) is 20.4. The number of benzene rings is 1. The summed E-state index contributed by atoms with van der Waals surface area (Å²) in [5.41, 5.74) is 0.499. The first-order valence-electron chi connectivity index (χ1n) is 10.9. The van der Waals surface area contributed by atoms with Gasteiger partial charge in [-0.25, -0.2) is 0 Å². The quantitative estimate of drug-likeness (QED) is 0.820. The van der Waals surface area contributed by atoms with Gasteiger partial charge in [0.05, 0.1) is 18.7 Å². The van der Waals surface area contributed by atoms with Crippen LogP contribution in [0.15, 0.2) is 41.2 Å². The second kappa shape index (κ2) is 9.32. The van der Waals surface area contributed by atoms with Crippen LogP contribution in [-0.2, 0) is 4.79 Å². The molecule has 1 aromatic carbocycles. The summed E-state index contributed by atoms with van der Waals surface area (Å²) >= 11 is 0. The smallest absolute Gasteiger partial charge is 0.271 e. The highest BCUT2D eigenvalue weighted by Crippen LogP contribution is 2.23. The van der Waals surface area contributed by atoms with Crippen molar-refractivity contribution in [3.8, 4) is 11.4 Å². The van der Waals surface area contributed by atoms with E-state index < -0.39 is 0 Å². The molecule has 1 saturated carbocycles. The Balaban J connectivity index is 1.47. The number of carbonyl (C=O) groups excluding carboxylic acids is 1.